The van der Waals surface area contributed by atoms with Crippen molar-refractivity contribution in [1.82, 2.24) is 0 Å². The van der Waals surface area contributed by atoms with Crippen molar-refractivity contribution in [3.05, 3.63) is 53.6 Å². The summed E-state index contributed by atoms with van der Waals surface area (Å²) < 4.78 is 10.9. The molecule has 1 unspecified atom stereocenters. The lowest BCUT2D eigenvalue weighted by atomic mass is 10.0. The molecule has 0 aliphatic carbocycles. The summed E-state index contributed by atoms with van der Waals surface area (Å²) in [5.41, 5.74) is 2.23. The normalized spacial score (nSPS) is 11.8. The van der Waals surface area contributed by atoms with Crippen LogP contribution < -0.4 is 14.8 Å². The van der Waals surface area contributed by atoms with Crippen LogP contribution in [0.2, 0.25) is 0 Å². The van der Waals surface area contributed by atoms with E-state index in [4.69, 9.17) is 9.47 Å². The molecule has 0 radical (unpaired) electrons. The largest absolute Gasteiger partial charge is 0.497 e. The SMILES string of the molecule is COc1ccc(C(C)=O)c(OC(C)C(=O)Nc2ccccc2C(C)C)c1. The maximum Gasteiger partial charge on any atom is 0.265 e. The van der Waals surface area contributed by atoms with Gasteiger partial charge in [-0.1, -0.05) is 32.0 Å². The summed E-state index contributed by atoms with van der Waals surface area (Å²) >= 11 is 0. The molecule has 0 aliphatic rings. The first kappa shape index (κ1) is 19.5. The van der Waals surface area contributed by atoms with Crippen molar-refractivity contribution in [2.45, 2.75) is 39.7 Å². The van der Waals surface area contributed by atoms with Gasteiger partial charge in [0.25, 0.3) is 5.91 Å². The summed E-state index contributed by atoms with van der Waals surface area (Å²) in [7, 11) is 1.53. The number of rotatable bonds is 7. The number of benzene rings is 2. The molecular formula is C21H25NO4. The Morgan fingerprint density at radius 1 is 1.04 bits per heavy atom. The fourth-order valence-corrected chi connectivity index (χ4v) is 2.61. The Morgan fingerprint density at radius 2 is 1.73 bits per heavy atom. The lowest BCUT2D eigenvalue weighted by Crippen LogP contribution is -2.31. The highest BCUT2D eigenvalue weighted by atomic mass is 16.5. The maximum atomic E-state index is 12.6. The minimum Gasteiger partial charge on any atom is -0.497 e. The van der Waals surface area contributed by atoms with E-state index >= 15 is 0 Å². The first-order valence-electron chi connectivity index (χ1n) is 8.59. The molecule has 1 N–H and O–H groups in total. The number of nitrogens with one attached hydrogen (secondary N) is 1. The highest BCUT2D eigenvalue weighted by Gasteiger charge is 2.20. The molecule has 0 saturated heterocycles. The molecule has 26 heavy (non-hydrogen) atoms. The number of ketones is 1. The molecule has 0 saturated carbocycles. The smallest absolute Gasteiger partial charge is 0.265 e. The summed E-state index contributed by atoms with van der Waals surface area (Å²) in [4.78, 5) is 24.4. The predicted molar refractivity (Wildman–Crippen MR) is 102 cm³/mol. The number of carbonyl (C=O) groups excluding carboxylic acids is 2. The van der Waals surface area contributed by atoms with E-state index in [0.29, 0.717) is 17.1 Å². The maximum absolute atomic E-state index is 12.6. The van der Waals surface area contributed by atoms with E-state index in [1.54, 1.807) is 25.1 Å². The van der Waals surface area contributed by atoms with E-state index in [2.05, 4.69) is 19.2 Å². The Hall–Kier alpha value is -2.82. The number of carbonyl (C=O) groups is 2. The molecule has 1 amide bonds. The van der Waals surface area contributed by atoms with Gasteiger partial charge >= 0.3 is 0 Å². The van der Waals surface area contributed by atoms with Crippen molar-refractivity contribution in [3.63, 3.8) is 0 Å². The molecule has 138 valence electrons. The van der Waals surface area contributed by atoms with Crippen LogP contribution in [0.25, 0.3) is 0 Å². The summed E-state index contributed by atoms with van der Waals surface area (Å²) in [5, 5.41) is 2.91. The van der Waals surface area contributed by atoms with E-state index in [-0.39, 0.29) is 17.6 Å². The Kier molecular flexibility index (Phi) is 6.39. The van der Waals surface area contributed by atoms with Gasteiger partial charge in [-0.05, 0) is 43.5 Å². The number of methoxy groups -OCH3 is 1. The number of anilines is 1. The molecule has 0 aromatic heterocycles. The fraction of sp³-hybridized carbons (Fsp3) is 0.333. The topological polar surface area (TPSA) is 64.6 Å². The molecule has 0 heterocycles. The van der Waals surface area contributed by atoms with Crippen LogP contribution >= 0.6 is 0 Å². The minimum absolute atomic E-state index is 0.139. The van der Waals surface area contributed by atoms with Crippen LogP contribution in [0.15, 0.2) is 42.5 Å². The van der Waals surface area contributed by atoms with Crippen molar-refractivity contribution < 1.29 is 19.1 Å². The van der Waals surface area contributed by atoms with Gasteiger partial charge < -0.3 is 14.8 Å². The number of Topliss-reactive ketones (excluding diaryl/α,β-unsaturated/α-hetero) is 1. The Labute approximate surface area is 154 Å². The van der Waals surface area contributed by atoms with Crippen LogP contribution in [0.5, 0.6) is 11.5 Å². The molecule has 5 nitrogen and oxygen atoms in total. The molecule has 2 aromatic carbocycles. The molecule has 5 heteroatoms. The molecule has 2 rings (SSSR count). The Bertz CT molecular complexity index is 798. The third-order valence-electron chi connectivity index (χ3n) is 4.08. The number of hydrogen-bond donors (Lipinski definition) is 1. The molecule has 0 bridgehead atoms. The average Bonchev–Trinajstić information content (AvgIpc) is 2.61. The highest BCUT2D eigenvalue weighted by Crippen LogP contribution is 2.27. The number of ether oxygens (including phenoxy) is 2. The standard InChI is InChI=1S/C21H25NO4/c1-13(2)17-8-6-7-9-19(17)22-21(24)15(4)26-20-12-16(25-5)10-11-18(20)14(3)23/h6-13,15H,1-5H3,(H,22,24). The number of amides is 1. The van der Waals surface area contributed by atoms with Crippen LogP contribution in [0.1, 0.15) is 49.5 Å². The summed E-state index contributed by atoms with van der Waals surface area (Å²) in [6.45, 7) is 7.25. The average molecular weight is 355 g/mol. The third kappa shape index (κ3) is 4.63. The minimum atomic E-state index is -0.777. The third-order valence-corrected chi connectivity index (χ3v) is 4.08. The molecule has 0 fully saturated rings. The van der Waals surface area contributed by atoms with Gasteiger partial charge in [-0.3, -0.25) is 9.59 Å². The van der Waals surface area contributed by atoms with Crippen molar-refractivity contribution >= 4 is 17.4 Å². The van der Waals surface area contributed by atoms with Gasteiger partial charge in [0.05, 0.1) is 12.7 Å². The second-order valence-electron chi connectivity index (χ2n) is 6.41. The second-order valence-corrected chi connectivity index (χ2v) is 6.41. The summed E-state index contributed by atoms with van der Waals surface area (Å²) in [6.07, 6.45) is -0.777. The number of hydrogen-bond acceptors (Lipinski definition) is 4. The van der Waals surface area contributed by atoms with Crippen LogP contribution in [0, 0.1) is 0 Å². The zero-order chi connectivity index (χ0) is 19.3. The van der Waals surface area contributed by atoms with E-state index in [1.807, 2.05) is 24.3 Å². The lowest BCUT2D eigenvalue weighted by molar-refractivity contribution is -0.122. The first-order valence-corrected chi connectivity index (χ1v) is 8.59. The van der Waals surface area contributed by atoms with Gasteiger partial charge in [0.1, 0.15) is 11.5 Å². The molecule has 1 atom stereocenters. The van der Waals surface area contributed by atoms with Gasteiger partial charge in [0.2, 0.25) is 0 Å². The number of para-hydroxylation sites is 1. The predicted octanol–water partition coefficient (Wildman–Crippen LogP) is 4.43. The molecular weight excluding hydrogens is 330 g/mol. The van der Waals surface area contributed by atoms with E-state index in [9.17, 15) is 9.59 Å². The molecule has 2 aromatic rings. The van der Waals surface area contributed by atoms with Gasteiger partial charge in [0, 0.05) is 11.8 Å². The van der Waals surface area contributed by atoms with Crippen LogP contribution in [0.3, 0.4) is 0 Å². The van der Waals surface area contributed by atoms with Gasteiger partial charge in [-0.25, -0.2) is 0 Å². The van der Waals surface area contributed by atoms with E-state index < -0.39 is 6.10 Å². The molecule has 0 spiro atoms. The van der Waals surface area contributed by atoms with Gasteiger partial charge in [-0.15, -0.1) is 0 Å². The van der Waals surface area contributed by atoms with E-state index in [0.717, 1.165) is 11.3 Å². The van der Waals surface area contributed by atoms with Crippen molar-refractivity contribution in [2.24, 2.45) is 0 Å². The van der Waals surface area contributed by atoms with Gasteiger partial charge in [-0.2, -0.15) is 0 Å². The van der Waals surface area contributed by atoms with Crippen molar-refractivity contribution in [1.29, 1.82) is 0 Å². The van der Waals surface area contributed by atoms with Crippen LogP contribution in [-0.4, -0.2) is 24.9 Å². The molecule has 0 aliphatic heterocycles. The van der Waals surface area contributed by atoms with Crippen LogP contribution in [0.4, 0.5) is 5.69 Å². The summed E-state index contributed by atoms with van der Waals surface area (Å²) in [6, 6.07) is 12.6. The first-order chi connectivity index (χ1) is 12.3. The Balaban J connectivity index is 2.19. The monoisotopic (exact) mass is 355 g/mol. The summed E-state index contributed by atoms with van der Waals surface area (Å²) in [5.74, 6) is 0.751. The zero-order valence-corrected chi connectivity index (χ0v) is 15.8. The van der Waals surface area contributed by atoms with Crippen molar-refractivity contribution in [2.75, 3.05) is 12.4 Å². The highest BCUT2D eigenvalue weighted by molar-refractivity contribution is 5.98. The quantitative estimate of drug-likeness (QED) is 0.746. The van der Waals surface area contributed by atoms with Crippen molar-refractivity contribution in [3.8, 4) is 11.5 Å². The Morgan fingerprint density at radius 3 is 2.35 bits per heavy atom. The lowest BCUT2D eigenvalue weighted by Gasteiger charge is -2.19. The van der Waals surface area contributed by atoms with E-state index in [1.165, 1.54) is 14.0 Å². The van der Waals surface area contributed by atoms with Gasteiger partial charge in [0.15, 0.2) is 11.9 Å². The fourth-order valence-electron chi connectivity index (χ4n) is 2.61. The van der Waals surface area contributed by atoms with Crippen LogP contribution in [-0.2, 0) is 4.79 Å². The zero-order valence-electron chi connectivity index (χ0n) is 15.8. The second kappa shape index (κ2) is 8.52.